The Labute approximate surface area is 79.1 Å². The smallest absolute Gasteiger partial charge is 0.417 e. The first-order chi connectivity index (χ1) is 6.25. The number of alkyl halides is 3. The molecule has 0 amide bonds. The minimum Gasteiger partial charge on any atom is -0.480 e. The van der Waals surface area contributed by atoms with Crippen molar-refractivity contribution in [3.05, 3.63) is 0 Å². The van der Waals surface area contributed by atoms with E-state index >= 15 is 0 Å². The van der Waals surface area contributed by atoms with Crippen molar-refractivity contribution < 1.29 is 23.1 Å². The second kappa shape index (κ2) is 4.61. The van der Waals surface area contributed by atoms with Crippen LogP contribution in [0.15, 0.2) is 0 Å². The lowest BCUT2D eigenvalue weighted by molar-refractivity contribution is -0.203. The highest BCUT2D eigenvalue weighted by Crippen LogP contribution is 2.32. The Kier molecular flexibility index (Phi) is 4.34. The number of unbranched alkanes of at least 4 members (excludes halogenated alkanes) is 1. The van der Waals surface area contributed by atoms with Gasteiger partial charge in [0.25, 0.3) is 0 Å². The quantitative estimate of drug-likeness (QED) is 0.580. The molecule has 0 bridgehead atoms. The summed E-state index contributed by atoms with van der Waals surface area (Å²) in [6, 6.07) is 0. The Morgan fingerprint density at radius 1 is 1.29 bits per heavy atom. The molecule has 0 aliphatic carbocycles. The molecule has 0 radical (unpaired) electrons. The molecule has 1 atom stereocenters. The van der Waals surface area contributed by atoms with Gasteiger partial charge in [0.1, 0.15) is 0 Å². The highest BCUT2D eigenvalue weighted by Gasteiger charge is 2.57. The van der Waals surface area contributed by atoms with Gasteiger partial charge in [-0.3, -0.25) is 0 Å². The van der Waals surface area contributed by atoms with Gasteiger partial charge in [0.15, 0.2) is 0 Å². The van der Waals surface area contributed by atoms with Crippen molar-refractivity contribution in [3.63, 3.8) is 0 Å². The largest absolute Gasteiger partial charge is 0.480 e. The predicted octanol–water partition coefficient (Wildman–Crippen LogP) is 0.460. The number of nitrogens with two attached hydrogens (primary N) is 2. The predicted molar refractivity (Wildman–Crippen MR) is 43.5 cm³/mol. The van der Waals surface area contributed by atoms with Crippen LogP contribution in [0.25, 0.3) is 0 Å². The van der Waals surface area contributed by atoms with Crippen LogP contribution in [0.3, 0.4) is 0 Å². The van der Waals surface area contributed by atoms with E-state index in [2.05, 4.69) is 0 Å². The van der Waals surface area contributed by atoms with Crippen LogP contribution in [0, 0.1) is 0 Å². The van der Waals surface area contributed by atoms with Crippen molar-refractivity contribution in [1.29, 1.82) is 0 Å². The maximum atomic E-state index is 12.2. The number of hydrogen-bond donors (Lipinski definition) is 3. The van der Waals surface area contributed by atoms with Crippen LogP contribution >= 0.6 is 0 Å². The molecule has 0 aliphatic heterocycles. The van der Waals surface area contributed by atoms with Gasteiger partial charge in [0.2, 0.25) is 5.54 Å². The molecule has 4 nitrogen and oxygen atoms in total. The molecule has 5 N–H and O–H groups in total. The zero-order valence-electron chi connectivity index (χ0n) is 7.47. The molecule has 0 heterocycles. The fourth-order valence-electron chi connectivity index (χ4n) is 0.918. The van der Waals surface area contributed by atoms with E-state index < -0.39 is 24.1 Å². The maximum absolute atomic E-state index is 12.2. The number of hydrogen-bond acceptors (Lipinski definition) is 3. The fourth-order valence-corrected chi connectivity index (χ4v) is 0.918. The summed E-state index contributed by atoms with van der Waals surface area (Å²) in [7, 11) is 0. The Morgan fingerprint density at radius 3 is 2.07 bits per heavy atom. The van der Waals surface area contributed by atoms with Crippen LogP contribution in [0.4, 0.5) is 13.2 Å². The first-order valence-corrected chi connectivity index (χ1v) is 4.05. The van der Waals surface area contributed by atoms with E-state index in [-0.39, 0.29) is 13.0 Å². The SMILES string of the molecule is NCCCC[C@](N)(C(=O)O)C(F)(F)F. The third-order valence-electron chi connectivity index (χ3n) is 1.91. The summed E-state index contributed by atoms with van der Waals surface area (Å²) in [4.78, 5) is 10.4. The van der Waals surface area contributed by atoms with Crippen molar-refractivity contribution in [2.24, 2.45) is 11.5 Å². The van der Waals surface area contributed by atoms with Crippen LogP contribution in [0.1, 0.15) is 19.3 Å². The average Bonchev–Trinajstić information content (AvgIpc) is 2.02. The summed E-state index contributed by atoms with van der Waals surface area (Å²) >= 11 is 0. The summed E-state index contributed by atoms with van der Waals surface area (Å²) < 4.78 is 36.7. The Morgan fingerprint density at radius 2 is 1.79 bits per heavy atom. The molecular weight excluding hydrogens is 201 g/mol. The molecule has 0 aliphatic rings. The molecular formula is C7H13F3N2O2. The van der Waals surface area contributed by atoms with E-state index in [0.717, 1.165) is 0 Å². The zero-order chi connectivity index (χ0) is 11.4. The summed E-state index contributed by atoms with van der Waals surface area (Å²) in [6.07, 6.45) is -5.22. The fraction of sp³-hybridized carbons (Fsp3) is 0.857. The van der Waals surface area contributed by atoms with Gasteiger partial charge in [0.05, 0.1) is 0 Å². The van der Waals surface area contributed by atoms with E-state index in [1.807, 2.05) is 0 Å². The third-order valence-corrected chi connectivity index (χ3v) is 1.91. The lowest BCUT2D eigenvalue weighted by Crippen LogP contribution is -2.59. The molecule has 7 heteroatoms. The number of rotatable bonds is 5. The molecule has 0 saturated carbocycles. The number of carbonyl (C=O) groups is 1. The van der Waals surface area contributed by atoms with E-state index in [1.165, 1.54) is 0 Å². The normalized spacial score (nSPS) is 16.4. The molecule has 0 fully saturated rings. The van der Waals surface area contributed by atoms with Crippen LogP contribution in [-0.2, 0) is 4.79 Å². The molecule has 0 aromatic heterocycles. The molecule has 0 spiro atoms. The van der Waals surface area contributed by atoms with Gasteiger partial charge in [-0.25, -0.2) is 4.79 Å². The standard InChI is InChI=1S/C7H13F3N2O2/c8-7(9,10)6(12,5(13)14)3-1-2-4-11/h1-4,11-12H2,(H,13,14)/t6-/m0/s1. The van der Waals surface area contributed by atoms with Crippen molar-refractivity contribution in [2.75, 3.05) is 6.54 Å². The molecule has 84 valence electrons. The zero-order valence-corrected chi connectivity index (χ0v) is 7.47. The van der Waals surface area contributed by atoms with Gasteiger partial charge in [-0.05, 0) is 25.8 Å². The Hall–Kier alpha value is -0.820. The molecule has 14 heavy (non-hydrogen) atoms. The molecule has 0 aromatic rings. The lowest BCUT2D eigenvalue weighted by Gasteiger charge is -2.27. The number of carboxylic acid groups (broad SMARTS) is 1. The van der Waals surface area contributed by atoms with Crippen molar-refractivity contribution in [2.45, 2.75) is 31.0 Å². The number of carboxylic acids is 1. The number of halogens is 3. The lowest BCUT2D eigenvalue weighted by atomic mass is 9.93. The topological polar surface area (TPSA) is 89.3 Å². The summed E-state index contributed by atoms with van der Waals surface area (Å²) in [5, 5.41) is 8.39. The van der Waals surface area contributed by atoms with Crippen molar-refractivity contribution in [3.8, 4) is 0 Å². The van der Waals surface area contributed by atoms with Crippen molar-refractivity contribution >= 4 is 5.97 Å². The van der Waals surface area contributed by atoms with Gasteiger partial charge in [-0.1, -0.05) is 0 Å². The monoisotopic (exact) mass is 214 g/mol. The van der Waals surface area contributed by atoms with Crippen LogP contribution in [-0.4, -0.2) is 29.3 Å². The van der Waals surface area contributed by atoms with Gasteiger partial charge >= 0.3 is 12.1 Å². The highest BCUT2D eigenvalue weighted by molar-refractivity contribution is 5.79. The van der Waals surface area contributed by atoms with Gasteiger partial charge < -0.3 is 16.6 Å². The van der Waals surface area contributed by atoms with E-state index in [4.69, 9.17) is 16.6 Å². The summed E-state index contributed by atoms with van der Waals surface area (Å²) in [6.45, 7) is 0.216. The van der Waals surface area contributed by atoms with E-state index in [0.29, 0.717) is 6.42 Å². The van der Waals surface area contributed by atoms with Gasteiger partial charge in [-0.2, -0.15) is 13.2 Å². The first kappa shape index (κ1) is 13.2. The Balaban J connectivity index is 4.50. The third kappa shape index (κ3) is 2.85. The van der Waals surface area contributed by atoms with Crippen LogP contribution in [0.2, 0.25) is 0 Å². The molecule has 0 rings (SSSR count). The molecule has 0 saturated heterocycles. The minimum absolute atomic E-state index is 0.0405. The van der Waals surface area contributed by atoms with Crippen LogP contribution < -0.4 is 11.5 Å². The van der Waals surface area contributed by atoms with Crippen molar-refractivity contribution in [1.82, 2.24) is 0 Å². The van der Waals surface area contributed by atoms with Gasteiger partial charge in [-0.15, -0.1) is 0 Å². The molecule has 0 aromatic carbocycles. The van der Waals surface area contributed by atoms with E-state index in [1.54, 1.807) is 0 Å². The summed E-state index contributed by atoms with van der Waals surface area (Å²) in [5.74, 6) is -2.05. The van der Waals surface area contributed by atoms with Gasteiger partial charge in [0, 0.05) is 0 Å². The molecule has 0 unspecified atom stereocenters. The minimum atomic E-state index is -4.94. The maximum Gasteiger partial charge on any atom is 0.417 e. The second-order valence-corrected chi connectivity index (χ2v) is 3.02. The number of aliphatic carboxylic acids is 1. The Bertz CT molecular complexity index is 208. The summed E-state index contributed by atoms with van der Waals surface area (Å²) in [5.41, 5.74) is 6.72. The average molecular weight is 214 g/mol. The first-order valence-electron chi connectivity index (χ1n) is 4.05. The highest BCUT2D eigenvalue weighted by atomic mass is 19.4. The van der Waals surface area contributed by atoms with Crippen LogP contribution in [0.5, 0.6) is 0 Å². The van der Waals surface area contributed by atoms with E-state index in [9.17, 15) is 18.0 Å². The second-order valence-electron chi connectivity index (χ2n) is 3.02.